The first kappa shape index (κ1) is 18.8. The Hall–Kier alpha value is -2.50. The van der Waals surface area contributed by atoms with Crippen LogP contribution in [0.3, 0.4) is 0 Å². The lowest BCUT2D eigenvalue weighted by atomic mass is 10.1. The molecule has 0 aliphatic carbocycles. The fourth-order valence-corrected chi connectivity index (χ4v) is 2.60. The molecule has 1 unspecified atom stereocenters. The molecule has 10 nitrogen and oxygen atoms in total. The van der Waals surface area contributed by atoms with Crippen LogP contribution in [-0.2, 0) is 10.2 Å². The smallest absolute Gasteiger partial charge is 0.405 e. The first-order valence-corrected chi connectivity index (χ1v) is 9.05. The second kappa shape index (κ2) is 8.55. The van der Waals surface area contributed by atoms with Crippen LogP contribution in [-0.4, -0.2) is 36.4 Å². The summed E-state index contributed by atoms with van der Waals surface area (Å²) in [5.74, 6) is 0.448. The normalized spacial score (nSPS) is 12.7. The Kier molecular flexibility index (Phi) is 6.44. The van der Waals surface area contributed by atoms with E-state index in [0.717, 1.165) is 5.56 Å². The molecule has 5 N–H and O–H groups in total. The third kappa shape index (κ3) is 6.49. The number of rotatable bonds is 9. The minimum Gasteiger partial charge on any atom is -0.465 e. The van der Waals surface area contributed by atoms with E-state index in [-0.39, 0.29) is 12.4 Å². The Balaban J connectivity index is 1.98. The van der Waals surface area contributed by atoms with Crippen LogP contribution in [0, 0.1) is 0 Å². The molecule has 1 atom stereocenters. The van der Waals surface area contributed by atoms with Gasteiger partial charge in [-0.2, -0.15) is 8.42 Å². The lowest BCUT2D eigenvalue weighted by Gasteiger charge is -2.12. The fourth-order valence-electron chi connectivity index (χ4n) is 2.17. The van der Waals surface area contributed by atoms with Crippen LogP contribution in [0.1, 0.15) is 31.2 Å². The van der Waals surface area contributed by atoms with E-state index in [1.54, 1.807) is 12.1 Å². The maximum absolute atomic E-state index is 11.0. The lowest BCUT2D eigenvalue weighted by Crippen LogP contribution is -2.31. The van der Waals surface area contributed by atoms with E-state index in [1.807, 2.05) is 18.2 Å². The molecule has 0 saturated heterocycles. The molecular formula is C14H19N5O5S. The number of aromatic nitrogens is 2. The van der Waals surface area contributed by atoms with E-state index < -0.39 is 22.3 Å². The average Bonchev–Trinajstić information content (AvgIpc) is 3.03. The third-order valence-electron chi connectivity index (χ3n) is 3.28. The Bertz CT molecular complexity index is 793. The van der Waals surface area contributed by atoms with Crippen molar-refractivity contribution in [1.82, 2.24) is 20.2 Å². The Morgan fingerprint density at radius 3 is 2.60 bits per heavy atom. The van der Waals surface area contributed by atoms with Crippen LogP contribution in [0.4, 0.5) is 4.79 Å². The van der Waals surface area contributed by atoms with Crippen molar-refractivity contribution in [2.45, 2.75) is 25.3 Å². The summed E-state index contributed by atoms with van der Waals surface area (Å²) in [5, 5.41) is 24.0. The molecule has 1 amide bonds. The van der Waals surface area contributed by atoms with Gasteiger partial charge in [-0.1, -0.05) is 18.2 Å². The van der Waals surface area contributed by atoms with Gasteiger partial charge in [-0.25, -0.2) is 14.7 Å². The monoisotopic (exact) mass is 369 g/mol. The zero-order valence-electron chi connectivity index (χ0n) is 13.3. The SMILES string of the molecule is NS(=O)(=O)NCCCCC(NC(=O)O)c1nnc(-c2ccccc2)o1. The van der Waals surface area contributed by atoms with Gasteiger partial charge in [0.05, 0.1) is 0 Å². The van der Waals surface area contributed by atoms with Gasteiger partial charge in [0, 0.05) is 12.1 Å². The average molecular weight is 369 g/mol. The zero-order valence-corrected chi connectivity index (χ0v) is 14.1. The van der Waals surface area contributed by atoms with Gasteiger partial charge in [0.2, 0.25) is 11.8 Å². The first-order chi connectivity index (χ1) is 11.8. The van der Waals surface area contributed by atoms with Gasteiger partial charge < -0.3 is 14.8 Å². The number of carboxylic acid groups (broad SMARTS) is 1. The number of amides is 1. The highest BCUT2D eigenvalue weighted by Gasteiger charge is 2.21. The minimum absolute atomic E-state index is 0.153. The standard InChI is InChI=1S/C14H19N5O5S/c15-25(22,23)16-9-5-4-8-11(17-14(20)21)13-19-18-12(24-13)10-6-2-1-3-7-10/h1-3,6-7,11,16-17H,4-5,8-9H2,(H,20,21)(H2,15,22,23). The van der Waals surface area contributed by atoms with Crippen molar-refractivity contribution in [3.05, 3.63) is 36.2 Å². The van der Waals surface area contributed by atoms with E-state index >= 15 is 0 Å². The van der Waals surface area contributed by atoms with Gasteiger partial charge >= 0.3 is 6.09 Å². The maximum Gasteiger partial charge on any atom is 0.405 e. The molecule has 25 heavy (non-hydrogen) atoms. The predicted molar refractivity (Wildman–Crippen MR) is 88.6 cm³/mol. The third-order valence-corrected chi connectivity index (χ3v) is 3.89. The largest absolute Gasteiger partial charge is 0.465 e. The van der Waals surface area contributed by atoms with Crippen molar-refractivity contribution in [2.75, 3.05) is 6.54 Å². The van der Waals surface area contributed by atoms with Crippen LogP contribution in [0.5, 0.6) is 0 Å². The molecule has 0 aliphatic rings. The van der Waals surface area contributed by atoms with Gasteiger partial charge in [0.1, 0.15) is 6.04 Å². The molecule has 11 heteroatoms. The number of carbonyl (C=O) groups is 1. The highest BCUT2D eigenvalue weighted by molar-refractivity contribution is 7.87. The highest BCUT2D eigenvalue weighted by Crippen LogP contribution is 2.23. The Morgan fingerprint density at radius 2 is 1.96 bits per heavy atom. The molecule has 0 fully saturated rings. The number of unbranched alkanes of at least 4 members (excludes halogenated alkanes) is 1. The van der Waals surface area contributed by atoms with Gasteiger partial charge in [-0.05, 0) is 31.4 Å². The molecule has 0 saturated carbocycles. The van der Waals surface area contributed by atoms with Gasteiger partial charge in [-0.3, -0.25) is 0 Å². The number of hydrogen-bond acceptors (Lipinski definition) is 6. The summed E-state index contributed by atoms with van der Waals surface area (Å²) in [6.45, 7) is 0.164. The molecule has 0 aliphatic heterocycles. The molecule has 1 heterocycles. The molecule has 2 aromatic rings. The van der Waals surface area contributed by atoms with Crippen molar-refractivity contribution in [2.24, 2.45) is 5.14 Å². The Labute approximate surface area is 144 Å². The topological polar surface area (TPSA) is 160 Å². The van der Waals surface area contributed by atoms with Gasteiger partial charge in [0.25, 0.3) is 10.2 Å². The van der Waals surface area contributed by atoms with Crippen molar-refractivity contribution in [3.63, 3.8) is 0 Å². The Morgan fingerprint density at radius 1 is 1.24 bits per heavy atom. The second-order valence-electron chi connectivity index (χ2n) is 5.25. The summed E-state index contributed by atoms with van der Waals surface area (Å²) in [5.41, 5.74) is 0.729. The zero-order chi connectivity index (χ0) is 18.3. The van der Waals surface area contributed by atoms with Crippen LogP contribution in [0.25, 0.3) is 11.5 Å². The molecule has 1 aromatic carbocycles. The summed E-state index contributed by atoms with van der Waals surface area (Å²) >= 11 is 0. The molecule has 2 rings (SSSR count). The summed E-state index contributed by atoms with van der Waals surface area (Å²) < 4.78 is 29.3. The van der Waals surface area contributed by atoms with Gasteiger partial charge in [0.15, 0.2) is 0 Å². The van der Waals surface area contributed by atoms with Crippen molar-refractivity contribution < 1.29 is 22.7 Å². The molecule has 0 bridgehead atoms. The van der Waals surface area contributed by atoms with Crippen molar-refractivity contribution >= 4 is 16.3 Å². The van der Waals surface area contributed by atoms with Crippen molar-refractivity contribution in [1.29, 1.82) is 0 Å². The summed E-state index contributed by atoms with van der Waals surface area (Å²) in [6.07, 6.45) is 0.159. The molecule has 0 spiro atoms. The number of benzene rings is 1. The molecule has 136 valence electrons. The summed E-state index contributed by atoms with van der Waals surface area (Å²) in [4.78, 5) is 11.0. The lowest BCUT2D eigenvalue weighted by molar-refractivity contribution is 0.186. The predicted octanol–water partition coefficient (Wildman–Crippen LogP) is 1.01. The number of nitrogens with one attached hydrogen (secondary N) is 2. The van der Waals surface area contributed by atoms with E-state index in [4.69, 9.17) is 14.7 Å². The quantitative estimate of drug-likeness (QED) is 0.480. The van der Waals surface area contributed by atoms with E-state index in [9.17, 15) is 13.2 Å². The highest BCUT2D eigenvalue weighted by atomic mass is 32.2. The summed E-state index contributed by atoms with van der Waals surface area (Å²) in [7, 11) is -3.72. The molecule has 0 radical (unpaired) electrons. The van der Waals surface area contributed by atoms with Crippen LogP contribution >= 0.6 is 0 Å². The van der Waals surface area contributed by atoms with E-state index in [2.05, 4.69) is 20.2 Å². The fraction of sp³-hybridized carbons (Fsp3) is 0.357. The number of hydrogen-bond donors (Lipinski definition) is 4. The summed E-state index contributed by atoms with van der Waals surface area (Å²) in [6, 6.07) is 8.42. The first-order valence-electron chi connectivity index (χ1n) is 7.51. The number of nitrogens with zero attached hydrogens (tertiary/aromatic N) is 2. The van der Waals surface area contributed by atoms with E-state index in [1.165, 1.54) is 0 Å². The second-order valence-corrected chi connectivity index (χ2v) is 6.63. The van der Waals surface area contributed by atoms with Crippen molar-refractivity contribution in [3.8, 4) is 11.5 Å². The van der Waals surface area contributed by atoms with E-state index in [0.29, 0.717) is 25.2 Å². The van der Waals surface area contributed by atoms with Crippen LogP contribution < -0.4 is 15.2 Å². The van der Waals surface area contributed by atoms with Gasteiger partial charge in [-0.15, -0.1) is 10.2 Å². The van der Waals surface area contributed by atoms with Crippen LogP contribution in [0.15, 0.2) is 34.7 Å². The molecule has 1 aromatic heterocycles. The number of nitrogens with two attached hydrogens (primary N) is 1. The van der Waals surface area contributed by atoms with Crippen LogP contribution in [0.2, 0.25) is 0 Å². The maximum atomic E-state index is 11.0. The minimum atomic E-state index is -3.72. The molecular weight excluding hydrogens is 350 g/mol.